The molecular weight excluding hydrogens is 252 g/mol. The van der Waals surface area contributed by atoms with E-state index in [1.165, 1.54) is 5.56 Å². The molecule has 1 heterocycles. The van der Waals surface area contributed by atoms with Crippen molar-refractivity contribution in [2.45, 2.75) is 13.3 Å². The van der Waals surface area contributed by atoms with Crippen LogP contribution < -0.4 is 9.47 Å². The third kappa shape index (κ3) is 2.52. The standard InChI is InChI=1S/C17H16O3/c1-12(10-18)8-13-2-4-14(5-3-13)16-7-6-15-9-17(16)20-11-19-15/h2-7,9-10,12H,8,11H2,1H3. The van der Waals surface area contributed by atoms with Gasteiger partial charge in [0.15, 0.2) is 0 Å². The Labute approximate surface area is 118 Å². The molecule has 0 N–H and O–H groups in total. The molecule has 1 aliphatic heterocycles. The van der Waals surface area contributed by atoms with Crippen LogP contribution in [0.15, 0.2) is 42.5 Å². The van der Waals surface area contributed by atoms with Crippen LogP contribution in [-0.4, -0.2) is 13.1 Å². The number of fused-ring (bicyclic) bond motifs is 2. The minimum absolute atomic E-state index is 0.0572. The molecule has 0 saturated heterocycles. The first-order valence-electron chi connectivity index (χ1n) is 6.70. The molecule has 1 aliphatic rings. The molecule has 1 unspecified atom stereocenters. The summed E-state index contributed by atoms with van der Waals surface area (Å²) in [4.78, 5) is 10.7. The fraction of sp³-hybridized carbons (Fsp3) is 0.235. The molecule has 0 aromatic heterocycles. The molecular formula is C17H16O3. The SMILES string of the molecule is CC(C=O)Cc1ccc(-c2ccc3cc2OCO3)cc1. The smallest absolute Gasteiger partial charge is 0.230 e. The van der Waals surface area contributed by atoms with Crippen molar-refractivity contribution in [1.29, 1.82) is 0 Å². The Morgan fingerprint density at radius 3 is 2.70 bits per heavy atom. The first-order chi connectivity index (χ1) is 9.76. The number of hydrogen-bond donors (Lipinski definition) is 0. The summed E-state index contributed by atoms with van der Waals surface area (Å²) in [6.45, 7) is 2.20. The lowest BCUT2D eigenvalue weighted by atomic mass is 9.98. The van der Waals surface area contributed by atoms with Gasteiger partial charge in [-0.2, -0.15) is 0 Å². The van der Waals surface area contributed by atoms with E-state index < -0.39 is 0 Å². The number of rotatable bonds is 4. The number of aldehydes is 1. The highest BCUT2D eigenvalue weighted by Crippen LogP contribution is 2.35. The quantitative estimate of drug-likeness (QED) is 0.797. The topological polar surface area (TPSA) is 35.5 Å². The molecule has 0 aliphatic carbocycles. The van der Waals surface area contributed by atoms with E-state index in [0.29, 0.717) is 0 Å². The molecule has 20 heavy (non-hydrogen) atoms. The number of carbonyl (C=O) groups excluding carboxylic acids is 1. The van der Waals surface area contributed by atoms with Gasteiger partial charge in [0.1, 0.15) is 17.8 Å². The zero-order valence-corrected chi connectivity index (χ0v) is 11.3. The van der Waals surface area contributed by atoms with Gasteiger partial charge in [-0.25, -0.2) is 0 Å². The molecule has 1 atom stereocenters. The third-order valence-electron chi connectivity index (χ3n) is 3.45. The fourth-order valence-electron chi connectivity index (χ4n) is 2.35. The summed E-state index contributed by atoms with van der Waals surface area (Å²) >= 11 is 0. The van der Waals surface area contributed by atoms with Crippen LogP contribution in [0.3, 0.4) is 0 Å². The van der Waals surface area contributed by atoms with E-state index in [2.05, 4.69) is 24.3 Å². The molecule has 2 bridgehead atoms. The van der Waals surface area contributed by atoms with Gasteiger partial charge in [0.05, 0.1) is 0 Å². The van der Waals surface area contributed by atoms with E-state index in [1.54, 1.807) is 0 Å². The van der Waals surface area contributed by atoms with Crippen LogP contribution in [0, 0.1) is 5.92 Å². The Kier molecular flexibility index (Phi) is 3.42. The van der Waals surface area contributed by atoms with Gasteiger partial charge in [-0.15, -0.1) is 0 Å². The highest BCUT2D eigenvalue weighted by atomic mass is 16.7. The molecule has 3 nitrogen and oxygen atoms in total. The Morgan fingerprint density at radius 2 is 1.95 bits per heavy atom. The second-order valence-electron chi connectivity index (χ2n) is 5.08. The molecule has 2 aromatic rings. The van der Waals surface area contributed by atoms with Crippen molar-refractivity contribution in [3.05, 3.63) is 48.0 Å². The van der Waals surface area contributed by atoms with Gasteiger partial charge >= 0.3 is 0 Å². The van der Waals surface area contributed by atoms with E-state index in [4.69, 9.17) is 9.47 Å². The summed E-state index contributed by atoms with van der Waals surface area (Å²) < 4.78 is 10.8. The normalized spacial score (nSPS) is 14.1. The van der Waals surface area contributed by atoms with Crippen LogP contribution in [0.5, 0.6) is 11.5 Å². The molecule has 102 valence electrons. The van der Waals surface area contributed by atoms with Crippen molar-refractivity contribution >= 4 is 6.29 Å². The van der Waals surface area contributed by atoms with Crippen LogP contribution >= 0.6 is 0 Å². The van der Waals surface area contributed by atoms with Gasteiger partial charge in [-0.1, -0.05) is 31.2 Å². The molecule has 2 aromatic carbocycles. The zero-order chi connectivity index (χ0) is 13.9. The fourth-order valence-corrected chi connectivity index (χ4v) is 2.35. The Morgan fingerprint density at radius 1 is 1.15 bits per heavy atom. The molecule has 0 fully saturated rings. The number of carbonyl (C=O) groups is 1. The van der Waals surface area contributed by atoms with Gasteiger partial charge in [-0.3, -0.25) is 0 Å². The van der Waals surface area contributed by atoms with Crippen LogP contribution in [0.25, 0.3) is 11.1 Å². The van der Waals surface area contributed by atoms with Crippen LogP contribution in [-0.2, 0) is 11.2 Å². The van der Waals surface area contributed by atoms with E-state index in [9.17, 15) is 4.79 Å². The van der Waals surface area contributed by atoms with Gasteiger partial charge in [0.25, 0.3) is 0 Å². The number of hydrogen-bond acceptors (Lipinski definition) is 3. The van der Waals surface area contributed by atoms with Crippen molar-refractivity contribution in [3.8, 4) is 22.6 Å². The average Bonchev–Trinajstić information content (AvgIpc) is 2.49. The highest BCUT2D eigenvalue weighted by Gasteiger charge is 2.13. The summed E-state index contributed by atoms with van der Waals surface area (Å²) in [6.07, 6.45) is 1.77. The van der Waals surface area contributed by atoms with E-state index in [0.717, 1.165) is 35.3 Å². The first-order valence-corrected chi connectivity index (χ1v) is 6.70. The molecule has 3 rings (SSSR count). The molecule has 0 saturated carbocycles. The van der Waals surface area contributed by atoms with Crippen molar-refractivity contribution in [1.82, 2.24) is 0 Å². The Bertz CT molecular complexity index is 617. The van der Waals surface area contributed by atoms with Gasteiger partial charge in [0, 0.05) is 17.5 Å². The van der Waals surface area contributed by atoms with Gasteiger partial charge in [0.2, 0.25) is 6.79 Å². The van der Waals surface area contributed by atoms with Crippen LogP contribution in [0.2, 0.25) is 0 Å². The van der Waals surface area contributed by atoms with Gasteiger partial charge < -0.3 is 14.3 Å². The molecule has 0 amide bonds. The lowest BCUT2D eigenvalue weighted by Crippen LogP contribution is -2.10. The summed E-state index contributed by atoms with van der Waals surface area (Å²) in [6, 6.07) is 14.1. The highest BCUT2D eigenvalue weighted by molar-refractivity contribution is 5.72. The predicted molar refractivity (Wildman–Crippen MR) is 76.9 cm³/mol. The second kappa shape index (κ2) is 5.37. The number of benzene rings is 2. The Balaban J connectivity index is 1.86. The minimum Gasteiger partial charge on any atom is -0.457 e. The number of ether oxygens (including phenoxy) is 2. The van der Waals surface area contributed by atoms with Crippen LogP contribution in [0.1, 0.15) is 12.5 Å². The van der Waals surface area contributed by atoms with Crippen molar-refractivity contribution in [2.75, 3.05) is 6.79 Å². The molecule has 3 heteroatoms. The lowest BCUT2D eigenvalue weighted by molar-refractivity contribution is -0.110. The Hall–Kier alpha value is -2.29. The third-order valence-corrected chi connectivity index (χ3v) is 3.45. The van der Waals surface area contributed by atoms with Crippen molar-refractivity contribution < 1.29 is 14.3 Å². The largest absolute Gasteiger partial charge is 0.457 e. The van der Waals surface area contributed by atoms with Crippen LogP contribution in [0.4, 0.5) is 0 Å². The molecule has 0 radical (unpaired) electrons. The summed E-state index contributed by atoms with van der Waals surface area (Å²) in [7, 11) is 0. The van der Waals surface area contributed by atoms with E-state index in [1.807, 2.05) is 25.1 Å². The lowest BCUT2D eigenvalue weighted by Gasteiger charge is -2.19. The zero-order valence-electron chi connectivity index (χ0n) is 11.3. The maximum absolute atomic E-state index is 10.7. The van der Waals surface area contributed by atoms with E-state index >= 15 is 0 Å². The van der Waals surface area contributed by atoms with Gasteiger partial charge in [-0.05, 0) is 29.7 Å². The van der Waals surface area contributed by atoms with Crippen molar-refractivity contribution in [2.24, 2.45) is 5.92 Å². The summed E-state index contributed by atoms with van der Waals surface area (Å²) in [5, 5.41) is 0. The molecule has 0 spiro atoms. The monoisotopic (exact) mass is 268 g/mol. The maximum Gasteiger partial charge on any atom is 0.230 e. The minimum atomic E-state index is 0.0572. The van der Waals surface area contributed by atoms with Crippen molar-refractivity contribution in [3.63, 3.8) is 0 Å². The van der Waals surface area contributed by atoms with E-state index in [-0.39, 0.29) is 12.7 Å². The second-order valence-corrected chi connectivity index (χ2v) is 5.08. The maximum atomic E-state index is 10.7. The summed E-state index contributed by atoms with van der Waals surface area (Å²) in [5.41, 5.74) is 3.34. The average molecular weight is 268 g/mol. The first kappa shape index (κ1) is 12.7. The summed E-state index contributed by atoms with van der Waals surface area (Å²) in [5.74, 6) is 1.75. The predicted octanol–water partition coefficient (Wildman–Crippen LogP) is 3.46.